The monoisotopic (exact) mass is 419 g/mol. The maximum Gasteiger partial charge on any atom is 0.271 e. The molecular formula is C23H21N3O3S. The molecule has 30 heavy (non-hydrogen) atoms. The number of nitrogens with one attached hydrogen (secondary N) is 1. The highest BCUT2D eigenvalue weighted by Gasteiger charge is 2.16. The molecule has 152 valence electrons. The third-order valence-electron chi connectivity index (χ3n) is 4.90. The highest BCUT2D eigenvalue weighted by Crippen LogP contribution is 2.24. The van der Waals surface area contributed by atoms with E-state index in [1.165, 1.54) is 21.9 Å². The van der Waals surface area contributed by atoms with Gasteiger partial charge in [-0.05, 0) is 36.6 Å². The first kappa shape index (κ1) is 19.8. The van der Waals surface area contributed by atoms with Crippen LogP contribution in [0, 0.1) is 6.92 Å². The largest absolute Gasteiger partial charge is 0.497 e. The van der Waals surface area contributed by atoms with Gasteiger partial charge in [0.2, 0.25) is 0 Å². The number of aromatic nitrogens is 2. The first-order valence-corrected chi connectivity index (χ1v) is 10.4. The average Bonchev–Trinajstić information content (AvgIpc) is 3.20. The lowest BCUT2D eigenvalue weighted by molar-refractivity contribution is 0.0952. The molecule has 0 spiro atoms. The highest BCUT2D eigenvalue weighted by atomic mass is 32.1. The number of amides is 1. The molecule has 0 aliphatic rings. The summed E-state index contributed by atoms with van der Waals surface area (Å²) in [5, 5.41) is 4.71. The highest BCUT2D eigenvalue weighted by molar-refractivity contribution is 7.15. The molecule has 0 saturated heterocycles. The predicted molar refractivity (Wildman–Crippen MR) is 119 cm³/mol. The third-order valence-corrected chi connectivity index (χ3v) is 5.74. The Balaban J connectivity index is 1.54. The molecule has 2 aromatic carbocycles. The van der Waals surface area contributed by atoms with Crippen LogP contribution in [0.25, 0.3) is 16.2 Å². The molecule has 0 atom stereocenters. The van der Waals surface area contributed by atoms with E-state index in [1.807, 2.05) is 60.8 Å². The van der Waals surface area contributed by atoms with Crippen LogP contribution in [0.15, 0.2) is 64.9 Å². The van der Waals surface area contributed by atoms with Crippen molar-refractivity contribution in [2.75, 3.05) is 13.7 Å². The summed E-state index contributed by atoms with van der Waals surface area (Å²) in [5.41, 5.74) is 3.53. The SMILES string of the molecule is COc1ccc(CCNC(=O)c2cnc3scc(-c4ccc(C)cc4)n3c2=O)cc1. The summed E-state index contributed by atoms with van der Waals surface area (Å²) in [4.78, 5) is 30.6. The van der Waals surface area contributed by atoms with Crippen LogP contribution in [0.2, 0.25) is 0 Å². The first-order chi connectivity index (χ1) is 14.6. The molecule has 2 heterocycles. The van der Waals surface area contributed by atoms with E-state index in [0.717, 1.165) is 28.1 Å². The van der Waals surface area contributed by atoms with Crippen LogP contribution in [0.3, 0.4) is 0 Å². The minimum absolute atomic E-state index is 0.0361. The Kier molecular flexibility index (Phi) is 5.63. The van der Waals surface area contributed by atoms with Crippen molar-refractivity contribution in [1.29, 1.82) is 0 Å². The number of rotatable bonds is 6. The number of nitrogens with zero attached hydrogens (tertiary/aromatic N) is 2. The van der Waals surface area contributed by atoms with Gasteiger partial charge in [-0.25, -0.2) is 4.98 Å². The molecule has 0 fully saturated rings. The lowest BCUT2D eigenvalue weighted by atomic mass is 10.1. The zero-order valence-corrected chi connectivity index (χ0v) is 17.5. The standard InChI is InChI=1S/C23H21N3O3S/c1-15-3-7-17(8-4-15)20-14-30-23-25-13-19(22(28)26(20)23)21(27)24-12-11-16-5-9-18(29-2)10-6-16/h3-10,13-14H,11-12H2,1-2H3,(H,24,27). The van der Waals surface area contributed by atoms with Crippen molar-refractivity contribution in [3.8, 4) is 17.0 Å². The van der Waals surface area contributed by atoms with E-state index in [0.29, 0.717) is 17.9 Å². The normalized spacial score (nSPS) is 10.9. The molecule has 4 rings (SSSR count). The van der Waals surface area contributed by atoms with Gasteiger partial charge in [-0.15, -0.1) is 11.3 Å². The number of fused-ring (bicyclic) bond motifs is 1. The zero-order valence-electron chi connectivity index (χ0n) is 16.7. The number of thiazole rings is 1. The van der Waals surface area contributed by atoms with Gasteiger partial charge in [0.15, 0.2) is 4.96 Å². The van der Waals surface area contributed by atoms with Crippen molar-refractivity contribution in [3.05, 3.63) is 87.2 Å². The smallest absolute Gasteiger partial charge is 0.271 e. The maximum atomic E-state index is 13.1. The van der Waals surface area contributed by atoms with Crippen LogP contribution in [0.4, 0.5) is 0 Å². The zero-order chi connectivity index (χ0) is 21.1. The molecule has 7 heteroatoms. The van der Waals surface area contributed by atoms with Gasteiger partial charge < -0.3 is 10.1 Å². The van der Waals surface area contributed by atoms with Gasteiger partial charge in [0.05, 0.1) is 12.8 Å². The number of carbonyl (C=O) groups excluding carboxylic acids is 1. The van der Waals surface area contributed by atoms with Crippen LogP contribution in [-0.2, 0) is 6.42 Å². The Labute approximate surface area is 177 Å². The number of hydrogen-bond donors (Lipinski definition) is 1. The van der Waals surface area contributed by atoms with E-state index in [9.17, 15) is 9.59 Å². The molecule has 1 N–H and O–H groups in total. The van der Waals surface area contributed by atoms with E-state index in [1.54, 1.807) is 7.11 Å². The molecule has 6 nitrogen and oxygen atoms in total. The molecular weight excluding hydrogens is 398 g/mol. The summed E-state index contributed by atoms with van der Waals surface area (Å²) < 4.78 is 6.65. The number of hydrogen-bond acceptors (Lipinski definition) is 5. The number of methoxy groups -OCH3 is 1. The van der Waals surface area contributed by atoms with E-state index >= 15 is 0 Å². The Morgan fingerprint density at radius 3 is 2.57 bits per heavy atom. The van der Waals surface area contributed by atoms with Crippen LogP contribution >= 0.6 is 11.3 Å². The summed E-state index contributed by atoms with van der Waals surface area (Å²) >= 11 is 1.38. The number of aryl methyl sites for hydroxylation is 1. The van der Waals surface area contributed by atoms with E-state index in [-0.39, 0.29) is 11.1 Å². The van der Waals surface area contributed by atoms with Gasteiger partial charge in [0.1, 0.15) is 11.3 Å². The van der Waals surface area contributed by atoms with Gasteiger partial charge in [-0.2, -0.15) is 0 Å². The Bertz CT molecular complexity index is 1240. The fourth-order valence-corrected chi connectivity index (χ4v) is 4.04. The predicted octanol–water partition coefficient (Wildman–Crippen LogP) is 3.71. The molecule has 2 aromatic heterocycles. The Hall–Kier alpha value is -3.45. The van der Waals surface area contributed by atoms with E-state index in [4.69, 9.17) is 4.74 Å². The van der Waals surface area contributed by atoms with Gasteiger partial charge in [-0.1, -0.05) is 42.0 Å². The summed E-state index contributed by atoms with van der Waals surface area (Å²) in [6, 6.07) is 15.6. The van der Waals surface area contributed by atoms with E-state index < -0.39 is 5.91 Å². The number of ether oxygens (including phenoxy) is 1. The molecule has 0 radical (unpaired) electrons. The average molecular weight is 420 g/mol. The van der Waals surface area contributed by atoms with Crippen molar-refractivity contribution >= 4 is 22.2 Å². The van der Waals surface area contributed by atoms with Crippen molar-refractivity contribution in [2.45, 2.75) is 13.3 Å². The fourth-order valence-electron chi connectivity index (χ4n) is 3.18. The second kappa shape index (κ2) is 8.51. The number of benzene rings is 2. The minimum atomic E-state index is -0.420. The van der Waals surface area contributed by atoms with Crippen LogP contribution in [0.1, 0.15) is 21.5 Å². The second-order valence-electron chi connectivity index (χ2n) is 6.94. The van der Waals surface area contributed by atoms with Crippen molar-refractivity contribution < 1.29 is 9.53 Å². The summed E-state index contributed by atoms with van der Waals surface area (Å²) in [6.07, 6.45) is 2.01. The van der Waals surface area contributed by atoms with Crippen LogP contribution in [-0.4, -0.2) is 28.9 Å². The van der Waals surface area contributed by atoms with Gasteiger partial charge in [-0.3, -0.25) is 14.0 Å². The number of carbonyl (C=O) groups is 1. The van der Waals surface area contributed by atoms with Crippen molar-refractivity contribution in [1.82, 2.24) is 14.7 Å². The first-order valence-electron chi connectivity index (χ1n) is 9.54. The quantitative estimate of drug-likeness (QED) is 0.517. The van der Waals surface area contributed by atoms with Gasteiger partial charge >= 0.3 is 0 Å². The van der Waals surface area contributed by atoms with Gasteiger partial charge in [0.25, 0.3) is 11.5 Å². The second-order valence-corrected chi connectivity index (χ2v) is 7.77. The summed E-state index contributed by atoms with van der Waals surface area (Å²) in [7, 11) is 1.62. The lowest BCUT2D eigenvalue weighted by Gasteiger charge is -2.07. The molecule has 4 aromatic rings. The fraction of sp³-hybridized carbons (Fsp3) is 0.174. The van der Waals surface area contributed by atoms with Crippen molar-refractivity contribution in [3.63, 3.8) is 0 Å². The third kappa shape index (κ3) is 3.97. The maximum absolute atomic E-state index is 13.1. The Morgan fingerprint density at radius 2 is 1.87 bits per heavy atom. The molecule has 0 aliphatic carbocycles. The summed E-state index contributed by atoms with van der Waals surface area (Å²) in [5.74, 6) is 0.367. The minimum Gasteiger partial charge on any atom is -0.497 e. The van der Waals surface area contributed by atoms with Crippen LogP contribution < -0.4 is 15.6 Å². The lowest BCUT2D eigenvalue weighted by Crippen LogP contribution is -2.32. The summed E-state index contributed by atoms with van der Waals surface area (Å²) in [6.45, 7) is 2.43. The van der Waals surface area contributed by atoms with Crippen LogP contribution in [0.5, 0.6) is 5.75 Å². The van der Waals surface area contributed by atoms with E-state index in [2.05, 4.69) is 10.3 Å². The molecule has 0 saturated carbocycles. The molecule has 0 bridgehead atoms. The molecule has 1 amide bonds. The van der Waals surface area contributed by atoms with Gasteiger partial charge in [0, 0.05) is 18.1 Å². The molecule has 0 aliphatic heterocycles. The topological polar surface area (TPSA) is 72.7 Å². The molecule has 0 unspecified atom stereocenters. The Morgan fingerprint density at radius 1 is 1.13 bits per heavy atom. The van der Waals surface area contributed by atoms with Crippen molar-refractivity contribution in [2.24, 2.45) is 0 Å².